The van der Waals surface area contributed by atoms with Crippen LogP contribution in [0, 0.1) is 4.64 Å². The fourth-order valence-electron chi connectivity index (χ4n) is 1.80. The van der Waals surface area contributed by atoms with Gasteiger partial charge in [0.2, 0.25) is 10.3 Å². The first-order valence-corrected chi connectivity index (χ1v) is 7.08. The number of pyridine rings is 1. The molecule has 0 spiro atoms. The summed E-state index contributed by atoms with van der Waals surface area (Å²) in [6.45, 7) is 0. The summed E-state index contributed by atoms with van der Waals surface area (Å²) in [4.78, 5) is 38.2. The number of carbonyl (C=O) groups excluding carboxylic acids is 1. The lowest BCUT2D eigenvalue weighted by molar-refractivity contribution is 0.218. The molecule has 0 saturated heterocycles. The van der Waals surface area contributed by atoms with Crippen molar-refractivity contribution in [2.75, 3.05) is 14.1 Å². The number of H-pyrrole nitrogens is 1. The van der Waals surface area contributed by atoms with Crippen LogP contribution >= 0.6 is 0 Å². The molecule has 0 unspecified atom stereocenters. The van der Waals surface area contributed by atoms with Gasteiger partial charge in [-0.2, -0.15) is 8.42 Å². The van der Waals surface area contributed by atoms with Crippen molar-refractivity contribution in [3.8, 4) is 5.69 Å². The Balaban J connectivity index is 2.94. The smallest absolute Gasteiger partial charge is 0.330 e. The summed E-state index contributed by atoms with van der Waals surface area (Å²) in [5, 5.41) is 0. The molecule has 22 heavy (non-hydrogen) atoms. The SMILES string of the molecule is CN(C)C(=O)n1cccc(-n2ccc(=O)[nH]c2=O)c1=S(=O)=O. The number of carbonyl (C=O) groups is 1. The molecule has 2 aromatic rings. The number of hydrogen-bond donors (Lipinski definition) is 1. The van der Waals surface area contributed by atoms with E-state index in [1.807, 2.05) is 4.98 Å². The first-order valence-electron chi connectivity index (χ1n) is 6.01. The second kappa shape index (κ2) is 5.85. The van der Waals surface area contributed by atoms with Crippen molar-refractivity contribution >= 4 is 16.3 Å². The monoisotopic (exact) mass is 324 g/mol. The number of aromatic amines is 1. The van der Waals surface area contributed by atoms with Gasteiger partial charge in [-0.1, -0.05) is 0 Å². The third-order valence-electron chi connectivity index (χ3n) is 2.76. The van der Waals surface area contributed by atoms with Crippen molar-refractivity contribution in [2.24, 2.45) is 0 Å². The molecule has 0 aliphatic heterocycles. The molecule has 0 atom stereocenters. The number of nitrogens with one attached hydrogen (secondary N) is 1. The molecule has 0 fully saturated rings. The van der Waals surface area contributed by atoms with Crippen molar-refractivity contribution in [3.63, 3.8) is 0 Å². The summed E-state index contributed by atoms with van der Waals surface area (Å²) < 4.78 is 24.5. The number of nitrogens with zero attached hydrogens (tertiary/aromatic N) is 3. The third kappa shape index (κ3) is 2.76. The van der Waals surface area contributed by atoms with Crippen LogP contribution < -0.4 is 11.2 Å². The van der Waals surface area contributed by atoms with Gasteiger partial charge in [-0.05, 0) is 12.1 Å². The Morgan fingerprint density at radius 1 is 1.18 bits per heavy atom. The van der Waals surface area contributed by atoms with Crippen LogP contribution in [-0.4, -0.2) is 47.6 Å². The van der Waals surface area contributed by atoms with Crippen molar-refractivity contribution in [1.29, 1.82) is 0 Å². The molecule has 10 heteroatoms. The fraction of sp³-hybridized carbons (Fsp3) is 0.167. The van der Waals surface area contributed by atoms with Crippen LogP contribution in [0.5, 0.6) is 0 Å². The van der Waals surface area contributed by atoms with Crippen molar-refractivity contribution in [1.82, 2.24) is 19.0 Å². The van der Waals surface area contributed by atoms with E-state index in [-0.39, 0.29) is 5.69 Å². The zero-order chi connectivity index (χ0) is 16.4. The molecule has 2 heterocycles. The molecule has 2 rings (SSSR count). The van der Waals surface area contributed by atoms with E-state index in [9.17, 15) is 22.8 Å². The minimum absolute atomic E-state index is 0.0488. The van der Waals surface area contributed by atoms with E-state index < -0.39 is 32.2 Å². The number of hydrogen-bond acceptors (Lipinski definition) is 5. The molecule has 2 aromatic heterocycles. The quantitative estimate of drug-likeness (QED) is 0.695. The number of rotatable bonds is 1. The Kier molecular flexibility index (Phi) is 4.13. The molecule has 0 saturated carbocycles. The van der Waals surface area contributed by atoms with Gasteiger partial charge in [0.1, 0.15) is 0 Å². The van der Waals surface area contributed by atoms with Crippen LogP contribution in [0.1, 0.15) is 0 Å². The van der Waals surface area contributed by atoms with Gasteiger partial charge in [0.05, 0.1) is 5.69 Å². The summed E-state index contributed by atoms with van der Waals surface area (Å²) in [6, 6.07) is 3.25. The second-order valence-corrected chi connectivity index (χ2v) is 5.32. The zero-order valence-electron chi connectivity index (χ0n) is 11.7. The summed E-state index contributed by atoms with van der Waals surface area (Å²) in [5.74, 6) is 0. The Morgan fingerprint density at radius 3 is 2.41 bits per heavy atom. The average Bonchev–Trinajstić information content (AvgIpc) is 2.45. The van der Waals surface area contributed by atoms with Gasteiger partial charge in [-0.25, -0.2) is 9.59 Å². The first kappa shape index (κ1) is 15.5. The lowest BCUT2D eigenvalue weighted by Crippen LogP contribution is -2.31. The largest absolute Gasteiger partial charge is 0.333 e. The molecule has 1 N–H and O–H groups in total. The maximum absolute atomic E-state index is 12.1. The summed E-state index contributed by atoms with van der Waals surface area (Å²) in [7, 11) is 0.138. The highest BCUT2D eigenvalue weighted by Gasteiger charge is 2.13. The number of amides is 1. The summed E-state index contributed by atoms with van der Waals surface area (Å²) in [6.07, 6.45) is 2.41. The third-order valence-corrected chi connectivity index (χ3v) is 3.48. The molecule has 0 aromatic carbocycles. The van der Waals surface area contributed by atoms with E-state index in [2.05, 4.69) is 0 Å². The molecular formula is C12H12N4O5S. The topological polar surface area (TPSA) is 114 Å². The van der Waals surface area contributed by atoms with Gasteiger partial charge < -0.3 is 4.90 Å². The van der Waals surface area contributed by atoms with Crippen LogP contribution in [0.25, 0.3) is 5.69 Å². The van der Waals surface area contributed by atoms with Crippen molar-refractivity contribution in [3.05, 3.63) is 56.1 Å². The van der Waals surface area contributed by atoms with Crippen LogP contribution in [0.15, 0.2) is 40.2 Å². The second-order valence-electron chi connectivity index (χ2n) is 4.46. The molecular weight excluding hydrogens is 312 g/mol. The molecule has 0 bridgehead atoms. The average molecular weight is 324 g/mol. The summed E-state index contributed by atoms with van der Waals surface area (Å²) in [5.41, 5.74) is -1.47. The van der Waals surface area contributed by atoms with Gasteiger partial charge in [0.15, 0.2) is 4.64 Å². The minimum atomic E-state index is -2.79. The molecule has 0 radical (unpaired) electrons. The van der Waals surface area contributed by atoms with Crippen molar-refractivity contribution < 1.29 is 13.2 Å². The molecule has 116 valence electrons. The lowest BCUT2D eigenvalue weighted by atomic mass is 10.4. The first-order chi connectivity index (χ1) is 10.3. The minimum Gasteiger partial charge on any atom is -0.330 e. The molecule has 1 amide bonds. The van der Waals surface area contributed by atoms with Gasteiger partial charge in [0, 0.05) is 32.6 Å². The lowest BCUT2D eigenvalue weighted by Gasteiger charge is -2.14. The van der Waals surface area contributed by atoms with Gasteiger partial charge in [-0.15, -0.1) is 0 Å². The normalized spacial score (nSPS) is 10.3. The summed E-state index contributed by atoms with van der Waals surface area (Å²) >= 11 is 0. The van der Waals surface area contributed by atoms with E-state index in [4.69, 9.17) is 0 Å². The van der Waals surface area contributed by atoms with Crippen LogP contribution in [-0.2, 0) is 10.3 Å². The highest BCUT2D eigenvalue weighted by Crippen LogP contribution is 2.07. The zero-order valence-corrected chi connectivity index (χ0v) is 12.5. The van der Waals surface area contributed by atoms with Gasteiger partial charge in [-0.3, -0.25) is 18.9 Å². The van der Waals surface area contributed by atoms with Crippen LogP contribution in [0.2, 0.25) is 0 Å². The van der Waals surface area contributed by atoms with E-state index in [1.54, 1.807) is 0 Å². The van der Waals surface area contributed by atoms with E-state index in [1.165, 1.54) is 37.3 Å². The predicted octanol–water partition coefficient (Wildman–Crippen LogP) is -0.732. The molecule has 0 aliphatic carbocycles. The van der Waals surface area contributed by atoms with E-state index >= 15 is 0 Å². The van der Waals surface area contributed by atoms with Crippen LogP contribution in [0.3, 0.4) is 0 Å². The highest BCUT2D eigenvalue weighted by atomic mass is 32.2. The highest BCUT2D eigenvalue weighted by molar-refractivity contribution is 7.63. The number of aromatic nitrogens is 3. The van der Waals surface area contributed by atoms with Gasteiger partial charge in [0.25, 0.3) is 5.56 Å². The molecule has 9 nitrogen and oxygen atoms in total. The Hall–Kier alpha value is -2.88. The fourth-order valence-corrected chi connectivity index (χ4v) is 2.44. The van der Waals surface area contributed by atoms with Gasteiger partial charge >= 0.3 is 11.7 Å². The Morgan fingerprint density at radius 2 is 1.86 bits per heavy atom. The Bertz CT molecular complexity index is 1020. The van der Waals surface area contributed by atoms with Crippen LogP contribution in [0.4, 0.5) is 4.79 Å². The maximum Gasteiger partial charge on any atom is 0.333 e. The Labute approximate surface area is 125 Å². The van der Waals surface area contributed by atoms with E-state index in [0.717, 1.165) is 21.4 Å². The maximum atomic E-state index is 12.1. The van der Waals surface area contributed by atoms with E-state index in [0.29, 0.717) is 0 Å². The van der Waals surface area contributed by atoms with Crippen molar-refractivity contribution in [2.45, 2.75) is 0 Å². The predicted molar refractivity (Wildman–Crippen MR) is 77.3 cm³/mol. The molecule has 0 aliphatic rings. The standard InChI is InChI=1S/C12H12N4O5S/c1-14(2)12(19)16-6-3-4-8(10(16)22(20)21)15-7-5-9(17)13-11(15)18/h3-7H,1-2H3,(H,13,17,18).